The van der Waals surface area contributed by atoms with Crippen molar-refractivity contribution >= 4 is 17.8 Å². The molecule has 8 nitrogen and oxygen atoms in total. The number of rotatable bonds is 3. The van der Waals surface area contributed by atoms with Gasteiger partial charge in [0, 0.05) is 64.1 Å². The average molecular weight is 361 g/mol. The van der Waals surface area contributed by atoms with E-state index in [1.807, 2.05) is 11.0 Å². The SMILES string of the molecule is CCOC(=O)N1CCN(c2cc(C(=O)N3CCN(C)CC3)ccn2)CC1. The van der Waals surface area contributed by atoms with E-state index < -0.39 is 0 Å². The molecule has 2 aliphatic rings. The summed E-state index contributed by atoms with van der Waals surface area (Å²) in [7, 11) is 2.07. The lowest BCUT2D eigenvalue weighted by Crippen LogP contribution is -2.49. The minimum atomic E-state index is -0.265. The fourth-order valence-electron chi connectivity index (χ4n) is 3.25. The first-order valence-electron chi connectivity index (χ1n) is 9.19. The molecule has 26 heavy (non-hydrogen) atoms. The van der Waals surface area contributed by atoms with Crippen LogP contribution >= 0.6 is 0 Å². The van der Waals surface area contributed by atoms with Crippen LogP contribution in [0.3, 0.4) is 0 Å². The van der Waals surface area contributed by atoms with Crippen molar-refractivity contribution in [1.82, 2.24) is 19.7 Å². The minimum Gasteiger partial charge on any atom is -0.450 e. The van der Waals surface area contributed by atoms with Crippen LogP contribution in [0.5, 0.6) is 0 Å². The summed E-state index contributed by atoms with van der Waals surface area (Å²) >= 11 is 0. The van der Waals surface area contributed by atoms with Crippen LogP contribution < -0.4 is 4.90 Å². The van der Waals surface area contributed by atoms with Crippen molar-refractivity contribution in [2.75, 3.05) is 70.9 Å². The first-order valence-corrected chi connectivity index (χ1v) is 9.19. The number of hydrogen-bond donors (Lipinski definition) is 0. The van der Waals surface area contributed by atoms with Crippen LogP contribution in [0.1, 0.15) is 17.3 Å². The Balaban J connectivity index is 1.61. The van der Waals surface area contributed by atoms with E-state index in [0.29, 0.717) is 38.3 Å². The topological polar surface area (TPSA) is 69.2 Å². The van der Waals surface area contributed by atoms with Crippen molar-refractivity contribution in [1.29, 1.82) is 0 Å². The third kappa shape index (κ3) is 4.24. The van der Waals surface area contributed by atoms with E-state index in [1.165, 1.54) is 0 Å². The summed E-state index contributed by atoms with van der Waals surface area (Å²) in [5, 5.41) is 0. The Morgan fingerprint density at radius 3 is 2.35 bits per heavy atom. The molecule has 0 aliphatic carbocycles. The molecule has 8 heteroatoms. The normalized spacial score (nSPS) is 18.8. The van der Waals surface area contributed by atoms with Gasteiger partial charge >= 0.3 is 6.09 Å². The molecule has 0 atom stereocenters. The van der Waals surface area contributed by atoms with Gasteiger partial charge in [-0.25, -0.2) is 9.78 Å². The van der Waals surface area contributed by atoms with E-state index >= 15 is 0 Å². The first-order chi connectivity index (χ1) is 12.6. The summed E-state index contributed by atoms with van der Waals surface area (Å²) in [5.74, 6) is 0.848. The predicted octanol–water partition coefficient (Wildman–Crippen LogP) is 0.748. The Bertz CT molecular complexity index is 637. The molecule has 2 saturated heterocycles. The molecular formula is C18H27N5O3. The van der Waals surface area contributed by atoms with Gasteiger partial charge in [-0.1, -0.05) is 0 Å². The molecule has 1 aromatic heterocycles. The molecule has 2 amide bonds. The van der Waals surface area contributed by atoms with Gasteiger partial charge in [0.15, 0.2) is 0 Å². The number of likely N-dealkylation sites (N-methyl/N-ethyl adjacent to an activating group) is 1. The zero-order chi connectivity index (χ0) is 18.5. The van der Waals surface area contributed by atoms with Crippen LogP contribution in [0.4, 0.5) is 10.6 Å². The number of pyridine rings is 1. The highest BCUT2D eigenvalue weighted by Gasteiger charge is 2.24. The molecule has 0 unspecified atom stereocenters. The summed E-state index contributed by atoms with van der Waals surface area (Å²) in [6.07, 6.45) is 1.43. The second kappa shape index (κ2) is 8.35. The fraction of sp³-hybridized carbons (Fsp3) is 0.611. The molecule has 2 aliphatic heterocycles. The highest BCUT2D eigenvalue weighted by molar-refractivity contribution is 5.95. The zero-order valence-corrected chi connectivity index (χ0v) is 15.6. The van der Waals surface area contributed by atoms with Crippen LogP contribution in [0.2, 0.25) is 0 Å². The fourth-order valence-corrected chi connectivity index (χ4v) is 3.25. The summed E-state index contributed by atoms with van der Waals surface area (Å²) < 4.78 is 5.05. The quantitative estimate of drug-likeness (QED) is 0.791. The van der Waals surface area contributed by atoms with Gasteiger partial charge in [0.2, 0.25) is 0 Å². The number of carbonyl (C=O) groups is 2. The zero-order valence-electron chi connectivity index (χ0n) is 15.6. The van der Waals surface area contributed by atoms with Gasteiger partial charge in [-0.2, -0.15) is 0 Å². The number of nitrogens with zero attached hydrogens (tertiary/aromatic N) is 5. The Hall–Kier alpha value is -2.35. The van der Waals surface area contributed by atoms with Crippen molar-refractivity contribution in [2.45, 2.75) is 6.92 Å². The Labute approximate surface area is 154 Å². The van der Waals surface area contributed by atoms with Gasteiger partial charge in [-0.05, 0) is 26.1 Å². The maximum Gasteiger partial charge on any atom is 0.409 e. The van der Waals surface area contributed by atoms with E-state index in [2.05, 4.69) is 21.8 Å². The van der Waals surface area contributed by atoms with Crippen LogP contribution in [-0.4, -0.2) is 97.7 Å². The third-order valence-corrected chi connectivity index (χ3v) is 4.91. The maximum atomic E-state index is 12.7. The molecule has 2 fully saturated rings. The van der Waals surface area contributed by atoms with Crippen molar-refractivity contribution < 1.29 is 14.3 Å². The van der Waals surface area contributed by atoms with Crippen molar-refractivity contribution in [3.63, 3.8) is 0 Å². The van der Waals surface area contributed by atoms with Crippen molar-refractivity contribution in [2.24, 2.45) is 0 Å². The maximum absolute atomic E-state index is 12.7. The lowest BCUT2D eigenvalue weighted by Gasteiger charge is -2.35. The summed E-state index contributed by atoms with van der Waals surface area (Å²) in [4.78, 5) is 36.9. The number of aromatic nitrogens is 1. The average Bonchev–Trinajstić information content (AvgIpc) is 2.68. The monoisotopic (exact) mass is 361 g/mol. The van der Waals surface area contributed by atoms with E-state index in [0.717, 1.165) is 32.0 Å². The summed E-state index contributed by atoms with van der Waals surface area (Å²) in [6.45, 7) is 8.05. The van der Waals surface area contributed by atoms with Gasteiger partial charge in [0.1, 0.15) is 5.82 Å². The second-order valence-corrected chi connectivity index (χ2v) is 6.67. The molecule has 0 aromatic carbocycles. The van der Waals surface area contributed by atoms with Crippen LogP contribution in [0.25, 0.3) is 0 Å². The largest absolute Gasteiger partial charge is 0.450 e. The van der Waals surface area contributed by atoms with Crippen LogP contribution in [0.15, 0.2) is 18.3 Å². The predicted molar refractivity (Wildman–Crippen MR) is 98.4 cm³/mol. The van der Waals surface area contributed by atoms with Crippen LogP contribution in [-0.2, 0) is 4.74 Å². The van der Waals surface area contributed by atoms with Crippen LogP contribution in [0, 0.1) is 0 Å². The molecule has 0 radical (unpaired) electrons. The standard InChI is InChI=1S/C18H27N5O3/c1-3-26-18(25)23-12-10-21(11-13-23)16-14-15(4-5-19-16)17(24)22-8-6-20(2)7-9-22/h4-5,14H,3,6-13H2,1-2H3. The lowest BCUT2D eigenvalue weighted by molar-refractivity contribution is 0.0664. The van der Waals surface area contributed by atoms with Gasteiger partial charge < -0.3 is 24.3 Å². The molecule has 0 bridgehead atoms. The lowest BCUT2D eigenvalue weighted by atomic mass is 10.2. The van der Waals surface area contributed by atoms with E-state index in [-0.39, 0.29) is 12.0 Å². The van der Waals surface area contributed by atoms with E-state index in [9.17, 15) is 9.59 Å². The number of ether oxygens (including phenoxy) is 1. The summed E-state index contributed by atoms with van der Waals surface area (Å²) in [6, 6.07) is 3.64. The number of amides is 2. The first kappa shape index (κ1) is 18.4. The Morgan fingerprint density at radius 1 is 1.04 bits per heavy atom. The highest BCUT2D eigenvalue weighted by atomic mass is 16.6. The number of anilines is 1. The smallest absolute Gasteiger partial charge is 0.409 e. The van der Waals surface area contributed by atoms with Gasteiger partial charge in [0.05, 0.1) is 6.61 Å². The van der Waals surface area contributed by atoms with Gasteiger partial charge in [0.25, 0.3) is 5.91 Å². The second-order valence-electron chi connectivity index (χ2n) is 6.67. The number of piperazine rings is 2. The van der Waals surface area contributed by atoms with Crippen molar-refractivity contribution in [3.05, 3.63) is 23.9 Å². The summed E-state index contributed by atoms with van der Waals surface area (Å²) in [5.41, 5.74) is 0.673. The van der Waals surface area contributed by atoms with Crippen molar-refractivity contribution in [3.8, 4) is 0 Å². The Kier molecular flexibility index (Phi) is 5.92. The number of hydrogen-bond acceptors (Lipinski definition) is 6. The molecule has 3 heterocycles. The van der Waals surface area contributed by atoms with E-state index in [1.54, 1.807) is 24.1 Å². The van der Waals surface area contributed by atoms with Gasteiger partial charge in [-0.3, -0.25) is 4.79 Å². The van der Waals surface area contributed by atoms with Gasteiger partial charge in [-0.15, -0.1) is 0 Å². The Morgan fingerprint density at radius 2 is 1.69 bits per heavy atom. The molecule has 0 spiro atoms. The molecule has 0 N–H and O–H groups in total. The third-order valence-electron chi connectivity index (χ3n) is 4.91. The van der Waals surface area contributed by atoms with E-state index in [4.69, 9.17) is 4.74 Å². The molecule has 142 valence electrons. The molecule has 1 aromatic rings. The minimum absolute atomic E-state index is 0.0620. The molecule has 3 rings (SSSR count). The molecular weight excluding hydrogens is 334 g/mol. The molecule has 0 saturated carbocycles. The number of carbonyl (C=O) groups excluding carboxylic acids is 2. The highest BCUT2D eigenvalue weighted by Crippen LogP contribution is 2.17.